The molecule has 0 aromatic rings. The Bertz CT molecular complexity index is 788. The van der Waals surface area contributed by atoms with Crippen molar-refractivity contribution in [3.8, 4) is 0 Å². The fourth-order valence-corrected chi connectivity index (χ4v) is 9.62. The van der Waals surface area contributed by atoms with Gasteiger partial charge in [0.25, 0.3) is 0 Å². The molecule has 0 N–H and O–H groups in total. The summed E-state index contributed by atoms with van der Waals surface area (Å²) in [7, 11) is 0. The van der Waals surface area contributed by atoms with Crippen LogP contribution in [0.2, 0.25) is 0 Å². The first-order chi connectivity index (χ1) is 15.2. The van der Waals surface area contributed by atoms with Gasteiger partial charge >= 0.3 is 11.9 Å². The van der Waals surface area contributed by atoms with Crippen LogP contribution in [0.5, 0.6) is 0 Å². The van der Waals surface area contributed by atoms with Crippen molar-refractivity contribution in [1.82, 2.24) is 0 Å². The summed E-state index contributed by atoms with van der Waals surface area (Å²) in [5.74, 6) is 3.17. The van der Waals surface area contributed by atoms with E-state index in [-0.39, 0.29) is 23.1 Å². The zero-order valence-electron chi connectivity index (χ0n) is 19.6. The average molecular weight is 443 g/mol. The molecule has 8 aliphatic carbocycles. The van der Waals surface area contributed by atoms with Crippen molar-refractivity contribution >= 4 is 11.9 Å². The summed E-state index contributed by atoms with van der Waals surface area (Å²) in [4.78, 5) is 25.4. The summed E-state index contributed by atoms with van der Waals surface area (Å²) < 4.78 is 18.9. The topological polar surface area (TPSA) is 61.8 Å². The highest BCUT2D eigenvalue weighted by Crippen LogP contribution is 2.61. The van der Waals surface area contributed by atoms with Gasteiger partial charge in [0.2, 0.25) is 0 Å². The molecule has 0 heterocycles. The van der Waals surface area contributed by atoms with Gasteiger partial charge in [-0.25, -0.2) is 9.59 Å². The van der Waals surface area contributed by atoms with E-state index in [1.54, 1.807) is 0 Å². The SMILES string of the molecule is C=CC(=O)OC12CC3CC(C1)CC(OC(C)C(=O)OC1(C)C4CC5CC(C4)CC1C5)(C3)C2. The summed E-state index contributed by atoms with van der Waals surface area (Å²) >= 11 is 0. The zero-order valence-corrected chi connectivity index (χ0v) is 19.6. The highest BCUT2D eigenvalue weighted by Gasteiger charge is 2.61. The molecule has 8 rings (SSSR count). The standard InChI is InChI=1S/C27H38O5/c1-4-23(28)31-27-13-19-6-20(14-27)12-26(11-19,15-27)30-16(2)24(29)32-25(3)21-7-17-5-18(9-21)10-22(25)8-17/h4,16-22H,1,5-15H2,2-3H3. The quantitative estimate of drug-likeness (QED) is 0.429. The van der Waals surface area contributed by atoms with Gasteiger partial charge < -0.3 is 14.2 Å². The largest absolute Gasteiger partial charge is 0.457 e. The first kappa shape index (κ1) is 21.2. The molecular weight excluding hydrogens is 404 g/mol. The van der Waals surface area contributed by atoms with Crippen molar-refractivity contribution in [3.63, 3.8) is 0 Å². The van der Waals surface area contributed by atoms with Crippen molar-refractivity contribution in [2.75, 3.05) is 0 Å². The van der Waals surface area contributed by atoms with Gasteiger partial charge in [0, 0.05) is 12.5 Å². The van der Waals surface area contributed by atoms with Crippen LogP contribution < -0.4 is 0 Å². The monoisotopic (exact) mass is 442 g/mol. The summed E-state index contributed by atoms with van der Waals surface area (Å²) in [6.45, 7) is 7.63. The Balaban J connectivity index is 1.16. The van der Waals surface area contributed by atoms with E-state index in [1.165, 1.54) is 44.6 Å². The van der Waals surface area contributed by atoms with Crippen molar-refractivity contribution in [2.45, 2.75) is 107 Å². The third-order valence-corrected chi connectivity index (χ3v) is 10.3. The number of hydrogen-bond donors (Lipinski definition) is 0. The van der Waals surface area contributed by atoms with Gasteiger partial charge in [-0.2, -0.15) is 0 Å². The van der Waals surface area contributed by atoms with Crippen LogP contribution in [-0.4, -0.2) is 34.8 Å². The van der Waals surface area contributed by atoms with Crippen LogP contribution in [0, 0.1) is 35.5 Å². The van der Waals surface area contributed by atoms with Gasteiger partial charge in [-0.15, -0.1) is 0 Å². The van der Waals surface area contributed by atoms with Crippen molar-refractivity contribution in [1.29, 1.82) is 0 Å². The normalized spacial score (nSPS) is 50.8. The fraction of sp³-hybridized carbons (Fsp3) is 0.852. The summed E-state index contributed by atoms with van der Waals surface area (Å²) in [5, 5.41) is 0. The van der Waals surface area contributed by atoms with Gasteiger partial charge in [0.15, 0.2) is 6.10 Å². The van der Waals surface area contributed by atoms with Crippen molar-refractivity contribution in [2.24, 2.45) is 35.5 Å². The average Bonchev–Trinajstić information content (AvgIpc) is 2.69. The van der Waals surface area contributed by atoms with E-state index in [4.69, 9.17) is 14.2 Å². The second-order valence-electron chi connectivity index (χ2n) is 12.6. The second kappa shape index (κ2) is 7.07. The number of carbonyl (C=O) groups is 2. The third-order valence-electron chi connectivity index (χ3n) is 10.3. The molecule has 0 aromatic heterocycles. The van der Waals surface area contributed by atoms with Gasteiger partial charge in [0.05, 0.1) is 5.60 Å². The third kappa shape index (κ3) is 3.28. The molecule has 0 amide bonds. The Morgan fingerprint density at radius 3 is 1.94 bits per heavy atom. The molecule has 5 heteroatoms. The predicted molar refractivity (Wildman–Crippen MR) is 119 cm³/mol. The number of rotatable bonds is 6. The summed E-state index contributed by atoms with van der Waals surface area (Å²) in [6.07, 6.45) is 12.6. The van der Waals surface area contributed by atoms with Crippen LogP contribution in [0.4, 0.5) is 0 Å². The van der Waals surface area contributed by atoms with E-state index in [1.807, 2.05) is 6.92 Å². The van der Waals surface area contributed by atoms with Crippen LogP contribution in [-0.2, 0) is 23.8 Å². The second-order valence-corrected chi connectivity index (χ2v) is 12.6. The minimum Gasteiger partial charge on any atom is -0.457 e. The van der Waals surface area contributed by atoms with Crippen molar-refractivity contribution < 1.29 is 23.8 Å². The summed E-state index contributed by atoms with van der Waals surface area (Å²) in [5.41, 5.74) is -1.16. The van der Waals surface area contributed by atoms with Crippen LogP contribution in [0.25, 0.3) is 0 Å². The van der Waals surface area contributed by atoms with E-state index < -0.39 is 11.7 Å². The zero-order chi connectivity index (χ0) is 22.3. The lowest BCUT2D eigenvalue weighted by Gasteiger charge is -2.61. The van der Waals surface area contributed by atoms with Crippen LogP contribution >= 0.6 is 0 Å². The Kier molecular flexibility index (Phi) is 4.68. The summed E-state index contributed by atoms with van der Waals surface area (Å²) in [6, 6.07) is 0. The first-order valence-corrected chi connectivity index (χ1v) is 13.0. The number of hydrogen-bond acceptors (Lipinski definition) is 5. The molecule has 8 saturated carbocycles. The van der Waals surface area contributed by atoms with Gasteiger partial charge in [-0.3, -0.25) is 0 Å². The molecule has 176 valence electrons. The van der Waals surface area contributed by atoms with E-state index in [0.717, 1.165) is 37.5 Å². The molecule has 5 nitrogen and oxygen atoms in total. The van der Waals surface area contributed by atoms with E-state index in [9.17, 15) is 9.59 Å². The number of ether oxygens (including phenoxy) is 3. The van der Waals surface area contributed by atoms with Crippen LogP contribution in [0.15, 0.2) is 12.7 Å². The Morgan fingerprint density at radius 1 is 0.844 bits per heavy atom. The molecule has 0 radical (unpaired) electrons. The Hall–Kier alpha value is -1.36. The molecule has 8 aliphatic rings. The highest BCUT2D eigenvalue weighted by molar-refractivity contribution is 5.81. The molecule has 0 aliphatic heterocycles. The maximum absolute atomic E-state index is 13.3. The smallest absolute Gasteiger partial charge is 0.335 e. The van der Waals surface area contributed by atoms with E-state index in [0.29, 0.717) is 30.1 Å². The minimum absolute atomic E-state index is 0.201. The number of esters is 2. The molecule has 32 heavy (non-hydrogen) atoms. The lowest BCUT2D eigenvalue weighted by Crippen LogP contribution is -2.62. The maximum atomic E-state index is 13.3. The molecule has 3 atom stereocenters. The molecule has 3 unspecified atom stereocenters. The molecule has 8 bridgehead atoms. The number of carbonyl (C=O) groups excluding carboxylic acids is 2. The lowest BCUT2D eigenvalue weighted by atomic mass is 9.50. The molecule has 0 saturated heterocycles. The van der Waals surface area contributed by atoms with Gasteiger partial charge in [-0.1, -0.05) is 6.58 Å². The van der Waals surface area contributed by atoms with Gasteiger partial charge in [0.1, 0.15) is 11.2 Å². The fourth-order valence-electron chi connectivity index (χ4n) is 9.62. The molecular formula is C27H38O5. The Morgan fingerprint density at radius 2 is 1.38 bits per heavy atom. The first-order valence-electron chi connectivity index (χ1n) is 13.0. The molecule has 0 aromatic carbocycles. The molecule has 0 spiro atoms. The van der Waals surface area contributed by atoms with E-state index in [2.05, 4.69) is 13.5 Å². The molecule has 8 fully saturated rings. The highest BCUT2D eigenvalue weighted by atomic mass is 16.6. The maximum Gasteiger partial charge on any atom is 0.335 e. The predicted octanol–water partition coefficient (Wildman–Crippen LogP) is 4.97. The Labute approximate surface area is 191 Å². The lowest BCUT2D eigenvalue weighted by molar-refractivity contribution is -0.252. The van der Waals surface area contributed by atoms with Crippen LogP contribution in [0.3, 0.4) is 0 Å². The van der Waals surface area contributed by atoms with E-state index >= 15 is 0 Å². The minimum atomic E-state index is -0.590. The van der Waals surface area contributed by atoms with Crippen molar-refractivity contribution in [3.05, 3.63) is 12.7 Å². The van der Waals surface area contributed by atoms with Gasteiger partial charge in [-0.05, 0) is 114 Å². The van der Waals surface area contributed by atoms with Crippen LogP contribution in [0.1, 0.15) is 84.5 Å².